The molecule has 0 unspecified atom stereocenters. The minimum Gasteiger partial charge on any atom is -0.481 e. The molecule has 2 saturated heterocycles. The Labute approximate surface area is 367 Å². The van der Waals surface area contributed by atoms with Gasteiger partial charge in [-0.25, -0.2) is 23.9 Å². The summed E-state index contributed by atoms with van der Waals surface area (Å²) in [6.45, 7) is 13.8. The number of carbonyl (C=O) groups excluding carboxylic acids is 2. The fourth-order valence-corrected chi connectivity index (χ4v) is 7.72. The summed E-state index contributed by atoms with van der Waals surface area (Å²) in [5.41, 5.74) is 0.759. The van der Waals surface area contributed by atoms with E-state index in [-0.39, 0.29) is 53.4 Å². The SMILES string of the molecule is CC(C)(C)OC(=O)C1CN(c2ccc3cc(-c4nc(CC(=O)O)cs4)c(=O)oc3c2)C1.CC(C)(C)OC(=O)C1CNC1.O=C(O)Cc1csc(-c2cc3ccc(F)cc3oc2=O)n1. The number of benzene rings is 2. The van der Waals surface area contributed by atoms with Crippen molar-refractivity contribution in [1.82, 2.24) is 15.3 Å². The number of halogens is 1. The molecule has 2 aliphatic heterocycles. The normalized spacial score (nSPS) is 14.1. The third-order valence-corrected chi connectivity index (χ3v) is 11.0. The topological polar surface area (TPSA) is 229 Å². The number of ether oxygens (including phenoxy) is 2. The average molecular weight is 905 g/mol. The molecule has 63 heavy (non-hydrogen) atoms. The number of thiazole rings is 2. The maximum Gasteiger partial charge on any atom is 0.346 e. The highest BCUT2D eigenvalue weighted by atomic mass is 32.1. The van der Waals surface area contributed by atoms with Gasteiger partial charge in [-0.3, -0.25) is 19.2 Å². The first-order valence-electron chi connectivity index (χ1n) is 19.7. The predicted molar refractivity (Wildman–Crippen MR) is 234 cm³/mol. The van der Waals surface area contributed by atoms with Crippen LogP contribution in [0.5, 0.6) is 0 Å². The highest BCUT2D eigenvalue weighted by Gasteiger charge is 2.36. The zero-order chi connectivity index (χ0) is 45.8. The van der Waals surface area contributed by atoms with Gasteiger partial charge in [-0.1, -0.05) is 0 Å². The molecule has 0 saturated carbocycles. The van der Waals surface area contributed by atoms with Crippen LogP contribution in [0.2, 0.25) is 0 Å². The third-order valence-electron chi connectivity index (χ3n) is 9.15. The number of nitrogens with one attached hydrogen (secondary N) is 1. The van der Waals surface area contributed by atoms with Crippen molar-refractivity contribution in [3.8, 4) is 21.1 Å². The van der Waals surface area contributed by atoms with Crippen LogP contribution in [0, 0.1) is 17.7 Å². The first kappa shape index (κ1) is 46.2. The molecule has 3 N–H and O–H groups in total. The molecule has 0 atom stereocenters. The van der Waals surface area contributed by atoms with Gasteiger partial charge in [-0.2, -0.15) is 0 Å². The van der Waals surface area contributed by atoms with Crippen molar-refractivity contribution in [3.05, 3.63) is 97.3 Å². The fourth-order valence-electron chi connectivity index (χ4n) is 6.08. The number of anilines is 1. The lowest BCUT2D eigenvalue weighted by Crippen LogP contribution is -2.52. The summed E-state index contributed by atoms with van der Waals surface area (Å²) in [5.74, 6) is -2.81. The number of carboxylic acid groups (broad SMARTS) is 2. The number of aromatic nitrogens is 2. The van der Waals surface area contributed by atoms with Gasteiger partial charge in [-0.05, 0) is 77.9 Å². The van der Waals surface area contributed by atoms with Crippen molar-refractivity contribution in [2.24, 2.45) is 11.8 Å². The molecule has 0 amide bonds. The molecule has 4 aromatic heterocycles. The van der Waals surface area contributed by atoms with E-state index in [1.807, 2.05) is 58.6 Å². The maximum absolute atomic E-state index is 13.1. The smallest absolute Gasteiger partial charge is 0.346 e. The standard InChI is InChI=1S/C22H22N2O6S.C14H8FNO4S.C8H15NO2/c1-22(2,3)30-20(27)13-9-24(10-13)15-5-4-12-6-16(21(28)29-17(12)8-15)19-23-14(11-31-19)7-18(25)26;15-8-2-1-7-3-10(14(19)20-11(7)4-8)13-16-9(6-21-13)5-12(17)18;1-8(2,3)11-7(10)6-4-9-5-6/h4-6,8,11,13H,7,9-10H2,1-3H3,(H,25,26);1-4,6H,5H2,(H,17,18);6,9H,4-5H2,1-3H3. The number of nitrogens with zero attached hydrogens (tertiary/aromatic N) is 3. The minimum atomic E-state index is -0.993. The number of hydrogen-bond acceptors (Lipinski definition) is 16. The van der Waals surface area contributed by atoms with Crippen LogP contribution in [0.15, 0.2) is 77.7 Å². The largest absolute Gasteiger partial charge is 0.481 e. The molecule has 19 heteroatoms. The quantitative estimate of drug-likeness (QED) is 0.103. The van der Waals surface area contributed by atoms with Crippen LogP contribution in [0.25, 0.3) is 43.1 Å². The van der Waals surface area contributed by atoms with Gasteiger partial charge < -0.3 is 38.7 Å². The first-order valence-corrected chi connectivity index (χ1v) is 21.4. The van der Waals surface area contributed by atoms with E-state index in [2.05, 4.69) is 15.3 Å². The van der Waals surface area contributed by atoms with Gasteiger partial charge in [-0.15, -0.1) is 22.7 Å². The van der Waals surface area contributed by atoms with Crippen molar-refractivity contribution < 1.29 is 52.1 Å². The Kier molecular flexibility index (Phi) is 13.9. The molecule has 0 bridgehead atoms. The zero-order valence-electron chi connectivity index (χ0n) is 35.2. The number of aliphatic carboxylic acids is 2. The number of esters is 2. The van der Waals surface area contributed by atoms with E-state index in [9.17, 15) is 33.2 Å². The second-order valence-corrected chi connectivity index (χ2v) is 18.5. The summed E-state index contributed by atoms with van der Waals surface area (Å²) in [6.07, 6.45) is -0.403. The molecule has 0 radical (unpaired) electrons. The van der Waals surface area contributed by atoms with E-state index < -0.39 is 34.6 Å². The summed E-state index contributed by atoms with van der Waals surface area (Å²) in [4.78, 5) is 79.6. The Balaban J connectivity index is 0.000000177. The first-order chi connectivity index (χ1) is 29.6. The number of hydrogen-bond donors (Lipinski definition) is 3. The Morgan fingerprint density at radius 2 is 1.19 bits per heavy atom. The lowest BCUT2D eigenvalue weighted by molar-refractivity contribution is -0.162. The molecular weight excluding hydrogens is 860 g/mol. The third kappa shape index (κ3) is 12.4. The lowest BCUT2D eigenvalue weighted by Gasteiger charge is -2.40. The molecular formula is C44H45FN4O12S2. The molecule has 6 aromatic rings. The van der Waals surface area contributed by atoms with Gasteiger partial charge in [0, 0.05) is 65.5 Å². The monoisotopic (exact) mass is 904 g/mol. The summed E-state index contributed by atoms with van der Waals surface area (Å²) in [7, 11) is 0. The second kappa shape index (κ2) is 19.0. The zero-order valence-corrected chi connectivity index (χ0v) is 36.8. The molecule has 2 fully saturated rings. The number of rotatable bonds is 9. The fraction of sp³-hybridized carbons (Fsp3) is 0.364. The van der Waals surface area contributed by atoms with Crippen LogP contribution in [-0.4, -0.2) is 81.4 Å². The van der Waals surface area contributed by atoms with Gasteiger partial charge in [0.1, 0.15) is 38.2 Å². The van der Waals surface area contributed by atoms with E-state index in [0.717, 1.165) is 41.6 Å². The molecule has 2 aliphatic rings. The van der Waals surface area contributed by atoms with E-state index in [0.29, 0.717) is 51.0 Å². The molecule has 8 rings (SSSR count). The van der Waals surface area contributed by atoms with Crippen LogP contribution in [0.1, 0.15) is 52.9 Å². The van der Waals surface area contributed by atoms with Crippen LogP contribution in [-0.2, 0) is 41.5 Å². The van der Waals surface area contributed by atoms with Crippen molar-refractivity contribution >= 4 is 74.2 Å². The van der Waals surface area contributed by atoms with Gasteiger partial charge in [0.2, 0.25) is 0 Å². The van der Waals surface area contributed by atoms with Crippen molar-refractivity contribution in [2.45, 2.75) is 65.6 Å². The Hall–Kier alpha value is -6.31. The Morgan fingerprint density at radius 1 is 0.730 bits per heavy atom. The number of carboxylic acids is 2. The lowest BCUT2D eigenvalue weighted by atomic mass is 9.98. The Morgan fingerprint density at radius 3 is 1.63 bits per heavy atom. The van der Waals surface area contributed by atoms with Crippen LogP contribution in [0.4, 0.5) is 10.1 Å². The number of carbonyl (C=O) groups is 4. The summed E-state index contributed by atoms with van der Waals surface area (Å²) >= 11 is 2.37. The van der Waals surface area contributed by atoms with Gasteiger partial charge in [0.25, 0.3) is 0 Å². The van der Waals surface area contributed by atoms with E-state index in [1.54, 1.807) is 29.0 Å². The van der Waals surface area contributed by atoms with E-state index >= 15 is 0 Å². The van der Waals surface area contributed by atoms with Crippen LogP contribution in [0.3, 0.4) is 0 Å². The molecule has 6 heterocycles. The summed E-state index contributed by atoms with van der Waals surface area (Å²) in [5, 5.41) is 26.0. The molecule has 0 aliphatic carbocycles. The van der Waals surface area contributed by atoms with E-state index in [1.165, 1.54) is 23.5 Å². The highest BCUT2D eigenvalue weighted by molar-refractivity contribution is 7.13. The van der Waals surface area contributed by atoms with Gasteiger partial charge in [0.15, 0.2) is 0 Å². The average Bonchev–Trinajstić information content (AvgIpc) is 3.77. The maximum atomic E-state index is 13.1. The predicted octanol–water partition coefficient (Wildman–Crippen LogP) is 6.55. The van der Waals surface area contributed by atoms with Crippen molar-refractivity contribution in [2.75, 3.05) is 31.1 Å². The van der Waals surface area contributed by atoms with E-state index in [4.69, 9.17) is 28.5 Å². The van der Waals surface area contributed by atoms with Gasteiger partial charge >= 0.3 is 35.1 Å². The number of fused-ring (bicyclic) bond motifs is 2. The highest BCUT2D eigenvalue weighted by Crippen LogP contribution is 2.31. The second-order valence-electron chi connectivity index (χ2n) is 16.8. The molecule has 0 spiro atoms. The summed E-state index contributed by atoms with van der Waals surface area (Å²) < 4.78 is 34.3. The van der Waals surface area contributed by atoms with Crippen LogP contribution < -0.4 is 21.5 Å². The molecule has 2 aromatic carbocycles. The Bertz CT molecular complexity index is 2790. The van der Waals surface area contributed by atoms with Crippen molar-refractivity contribution in [3.63, 3.8) is 0 Å². The summed E-state index contributed by atoms with van der Waals surface area (Å²) in [6, 6.07) is 12.7. The van der Waals surface area contributed by atoms with Gasteiger partial charge in [0.05, 0.1) is 47.2 Å². The van der Waals surface area contributed by atoms with Crippen LogP contribution >= 0.6 is 22.7 Å². The molecule has 16 nitrogen and oxygen atoms in total. The van der Waals surface area contributed by atoms with Crippen molar-refractivity contribution in [1.29, 1.82) is 0 Å². The minimum absolute atomic E-state index is 0.0729. The molecule has 332 valence electrons.